The summed E-state index contributed by atoms with van der Waals surface area (Å²) < 4.78 is 156. The summed E-state index contributed by atoms with van der Waals surface area (Å²) in [5, 5.41) is 26.0. The van der Waals surface area contributed by atoms with Gasteiger partial charge < -0.3 is 15.3 Å². The van der Waals surface area contributed by atoms with Crippen LogP contribution in [0.15, 0.2) is 18.2 Å². The minimum absolute atomic E-state index is 0.0650. The van der Waals surface area contributed by atoms with Gasteiger partial charge in [-0.25, -0.2) is 0 Å². The fourth-order valence-electron chi connectivity index (χ4n) is 1.83. The molecule has 1 rings (SSSR count). The molecule has 2 unspecified atom stereocenters. The number of aromatic hydroxyl groups is 1. The van der Waals surface area contributed by atoms with Gasteiger partial charge in [0.2, 0.25) is 0 Å². The van der Waals surface area contributed by atoms with Crippen LogP contribution in [0.5, 0.6) is 5.75 Å². The van der Waals surface area contributed by atoms with Gasteiger partial charge in [-0.3, -0.25) is 0 Å². The third-order valence-corrected chi connectivity index (χ3v) is 3.28. The average molecular weight is 426 g/mol. The van der Waals surface area contributed by atoms with Gasteiger partial charge in [0.05, 0.1) is 5.56 Å². The van der Waals surface area contributed by atoms with E-state index in [1.807, 2.05) is 0 Å². The molecule has 0 aromatic heterocycles. The van der Waals surface area contributed by atoms with Gasteiger partial charge in [0, 0.05) is 5.56 Å². The lowest BCUT2D eigenvalue weighted by Crippen LogP contribution is -2.56. The third kappa shape index (κ3) is 3.26. The molecule has 0 radical (unpaired) electrons. The molecule has 156 valence electrons. The van der Waals surface area contributed by atoms with Crippen molar-refractivity contribution in [3.05, 3.63) is 29.3 Å². The number of aliphatic hydroxyl groups is 2. The van der Waals surface area contributed by atoms with Crippen molar-refractivity contribution in [3.8, 4) is 5.75 Å². The first-order valence-electron chi connectivity index (χ1n) is 6.18. The van der Waals surface area contributed by atoms with Crippen LogP contribution in [0.4, 0.5) is 52.7 Å². The zero-order valence-corrected chi connectivity index (χ0v) is 12.1. The van der Waals surface area contributed by atoms with Crippen LogP contribution in [0.25, 0.3) is 0 Å². The molecule has 0 saturated carbocycles. The predicted molar refractivity (Wildman–Crippen MR) is 60.1 cm³/mol. The number of alkyl halides is 12. The second kappa shape index (κ2) is 6.05. The zero-order valence-electron chi connectivity index (χ0n) is 12.1. The molecule has 15 heteroatoms. The van der Waals surface area contributed by atoms with Crippen molar-refractivity contribution in [1.29, 1.82) is 0 Å². The molecule has 0 bridgehead atoms. The highest BCUT2D eigenvalue weighted by molar-refractivity contribution is 5.47. The summed E-state index contributed by atoms with van der Waals surface area (Å²) in [6.07, 6.45) is -13.7. The van der Waals surface area contributed by atoms with E-state index in [2.05, 4.69) is 0 Å². The fourth-order valence-corrected chi connectivity index (χ4v) is 1.83. The van der Waals surface area contributed by atoms with Crippen molar-refractivity contribution in [2.24, 2.45) is 0 Å². The van der Waals surface area contributed by atoms with Gasteiger partial charge in [-0.05, 0) is 6.07 Å². The van der Waals surface area contributed by atoms with Gasteiger partial charge in [-0.1, -0.05) is 12.1 Å². The molecule has 0 amide bonds. The van der Waals surface area contributed by atoms with Crippen molar-refractivity contribution < 1.29 is 68.0 Å². The summed E-state index contributed by atoms with van der Waals surface area (Å²) in [5.74, 6) is -28.7. The normalized spacial score (nSPS) is 18.7. The Morgan fingerprint density at radius 1 is 0.593 bits per heavy atom. The van der Waals surface area contributed by atoms with Crippen LogP contribution >= 0.6 is 0 Å². The van der Waals surface area contributed by atoms with Crippen LogP contribution in [-0.2, 0) is 11.8 Å². The van der Waals surface area contributed by atoms with Gasteiger partial charge in [0.15, 0.2) is 0 Å². The SMILES string of the molecule is Oc1cccc(C(F)(F)C(O)(F)C(F)(F)F)c1C(F)(F)C(O)(F)C(F)(F)F. The fraction of sp³-hybridized carbons (Fsp3) is 0.500. The van der Waals surface area contributed by atoms with E-state index in [0.717, 1.165) is 0 Å². The predicted octanol–water partition coefficient (Wildman–Crippen LogP) is 4.02. The van der Waals surface area contributed by atoms with E-state index < -0.39 is 58.9 Å². The van der Waals surface area contributed by atoms with E-state index in [0.29, 0.717) is 0 Å². The molecule has 2 atom stereocenters. The topological polar surface area (TPSA) is 60.7 Å². The van der Waals surface area contributed by atoms with Crippen LogP contribution in [0, 0.1) is 0 Å². The Morgan fingerprint density at radius 3 is 1.33 bits per heavy atom. The monoisotopic (exact) mass is 426 g/mol. The maximum Gasteiger partial charge on any atom is 0.455 e. The molecule has 0 saturated heterocycles. The van der Waals surface area contributed by atoms with Gasteiger partial charge in [-0.15, -0.1) is 0 Å². The number of phenolic OH excluding ortho intramolecular Hbond substituents is 1. The highest BCUT2D eigenvalue weighted by atomic mass is 19.4. The van der Waals surface area contributed by atoms with Crippen molar-refractivity contribution in [3.63, 3.8) is 0 Å². The van der Waals surface area contributed by atoms with Crippen molar-refractivity contribution >= 4 is 0 Å². The number of rotatable bonds is 4. The second-order valence-electron chi connectivity index (χ2n) is 5.09. The number of hydrogen-bond acceptors (Lipinski definition) is 3. The molecule has 27 heavy (non-hydrogen) atoms. The third-order valence-electron chi connectivity index (χ3n) is 3.28. The van der Waals surface area contributed by atoms with Crippen molar-refractivity contribution in [2.75, 3.05) is 0 Å². The molecule has 0 fully saturated rings. The molecule has 3 nitrogen and oxygen atoms in total. The number of hydrogen-bond donors (Lipinski definition) is 3. The Labute approximate surface area is 140 Å². The zero-order chi connectivity index (χ0) is 21.9. The molecule has 0 aliphatic heterocycles. The van der Waals surface area contributed by atoms with E-state index in [9.17, 15) is 52.7 Å². The summed E-state index contributed by atoms with van der Waals surface area (Å²) in [4.78, 5) is 0. The molecular weight excluding hydrogens is 420 g/mol. The van der Waals surface area contributed by atoms with Crippen LogP contribution in [-0.4, -0.2) is 39.4 Å². The van der Waals surface area contributed by atoms with Crippen LogP contribution in [0.1, 0.15) is 11.1 Å². The highest BCUT2D eigenvalue weighted by Crippen LogP contribution is 2.57. The maximum absolute atomic E-state index is 13.8. The molecule has 0 aliphatic rings. The Hall–Kier alpha value is -1.90. The lowest BCUT2D eigenvalue weighted by molar-refractivity contribution is -0.397. The van der Waals surface area contributed by atoms with E-state index in [1.165, 1.54) is 0 Å². The van der Waals surface area contributed by atoms with E-state index in [4.69, 9.17) is 15.3 Å². The Kier molecular flexibility index (Phi) is 5.19. The van der Waals surface area contributed by atoms with Gasteiger partial charge in [-0.2, -0.15) is 52.7 Å². The average Bonchev–Trinajstić information content (AvgIpc) is 2.43. The molecule has 1 aromatic carbocycles. The Balaban J connectivity index is 3.88. The summed E-state index contributed by atoms with van der Waals surface area (Å²) in [6.45, 7) is 0. The van der Waals surface area contributed by atoms with E-state index >= 15 is 0 Å². The molecule has 0 aliphatic carbocycles. The minimum Gasteiger partial charge on any atom is -0.507 e. The van der Waals surface area contributed by atoms with Gasteiger partial charge >= 0.3 is 35.9 Å². The summed E-state index contributed by atoms with van der Waals surface area (Å²) in [7, 11) is 0. The molecule has 0 heterocycles. The van der Waals surface area contributed by atoms with Crippen molar-refractivity contribution in [2.45, 2.75) is 35.9 Å². The largest absolute Gasteiger partial charge is 0.507 e. The van der Waals surface area contributed by atoms with Gasteiger partial charge in [0.1, 0.15) is 5.75 Å². The van der Waals surface area contributed by atoms with E-state index in [-0.39, 0.29) is 12.1 Å². The lowest BCUT2D eigenvalue weighted by atomic mass is 9.88. The van der Waals surface area contributed by atoms with Crippen LogP contribution in [0.2, 0.25) is 0 Å². The first kappa shape index (κ1) is 23.1. The number of halogens is 12. The minimum atomic E-state index is -6.89. The van der Waals surface area contributed by atoms with E-state index in [1.54, 1.807) is 0 Å². The Bertz CT molecular complexity index is 705. The Morgan fingerprint density at radius 2 is 0.963 bits per heavy atom. The van der Waals surface area contributed by atoms with Crippen LogP contribution < -0.4 is 0 Å². The first-order chi connectivity index (χ1) is 11.6. The summed E-state index contributed by atoms with van der Waals surface area (Å²) in [6, 6.07) is -0.554. The first-order valence-corrected chi connectivity index (χ1v) is 6.18. The molecule has 0 spiro atoms. The quantitative estimate of drug-likeness (QED) is 0.638. The maximum atomic E-state index is 13.8. The van der Waals surface area contributed by atoms with Crippen LogP contribution in [0.3, 0.4) is 0 Å². The second-order valence-corrected chi connectivity index (χ2v) is 5.09. The summed E-state index contributed by atoms with van der Waals surface area (Å²) in [5.41, 5.74) is -6.28. The molecule has 1 aromatic rings. The van der Waals surface area contributed by atoms with Gasteiger partial charge in [0.25, 0.3) is 0 Å². The standard InChI is InChI=1S/C12H6F12O3/c13-7(14,9(17,26)11(19,20)21)4-2-1-3-5(25)6(4)8(15,16)10(18,27)12(22,23)24/h1-3,25-27H. The number of phenols is 1. The highest BCUT2D eigenvalue weighted by Gasteiger charge is 2.76. The smallest absolute Gasteiger partial charge is 0.455 e. The summed E-state index contributed by atoms with van der Waals surface area (Å²) >= 11 is 0. The molecular formula is C12H6F12O3. The lowest BCUT2D eigenvalue weighted by Gasteiger charge is -2.35. The van der Waals surface area contributed by atoms with Crippen molar-refractivity contribution in [1.82, 2.24) is 0 Å². The molecule has 3 N–H and O–H groups in total. The number of benzene rings is 1.